The molecule has 1 saturated heterocycles. The number of hydrogen-bond acceptors (Lipinski definition) is 8. The van der Waals surface area contributed by atoms with Crippen LogP contribution in [0.25, 0.3) is 10.4 Å². The van der Waals surface area contributed by atoms with Crippen LogP contribution in [0.15, 0.2) is 34.9 Å². The average Bonchev–Trinajstić information content (AvgIpc) is 3.49. The van der Waals surface area contributed by atoms with Gasteiger partial charge in [-0.25, -0.2) is 4.98 Å². The SMILES string of the molecule is CC(=O)NC(C(=O)N1CC(O)CC1C1=NOC(C)(c2ccc(-c3scnc3C)cc2)N1)C(C)(C)C. The molecule has 1 aromatic carbocycles. The second-order valence-electron chi connectivity index (χ2n) is 10.5. The molecule has 9 nitrogen and oxygen atoms in total. The van der Waals surface area contributed by atoms with Crippen LogP contribution in [0.5, 0.6) is 0 Å². The number of aliphatic hydroxyl groups excluding tert-OH is 1. The zero-order valence-corrected chi connectivity index (χ0v) is 21.8. The van der Waals surface area contributed by atoms with E-state index in [0.29, 0.717) is 12.3 Å². The van der Waals surface area contributed by atoms with Gasteiger partial charge in [-0.2, -0.15) is 0 Å². The number of carbonyl (C=O) groups excluding carboxylic acids is 2. The fraction of sp³-hybridized carbons (Fsp3) is 0.520. The molecule has 35 heavy (non-hydrogen) atoms. The Morgan fingerprint density at radius 3 is 2.57 bits per heavy atom. The predicted molar refractivity (Wildman–Crippen MR) is 134 cm³/mol. The minimum Gasteiger partial charge on any atom is -0.391 e. The molecule has 188 valence electrons. The number of thiazole rings is 1. The highest BCUT2D eigenvalue weighted by atomic mass is 32.1. The first kappa shape index (κ1) is 25.1. The van der Waals surface area contributed by atoms with Gasteiger partial charge in [-0.1, -0.05) is 50.2 Å². The lowest BCUT2D eigenvalue weighted by Gasteiger charge is -2.35. The number of amidine groups is 1. The number of oxime groups is 1. The quantitative estimate of drug-likeness (QED) is 0.583. The summed E-state index contributed by atoms with van der Waals surface area (Å²) < 4.78 is 0. The van der Waals surface area contributed by atoms with Gasteiger partial charge in [0.25, 0.3) is 0 Å². The lowest BCUT2D eigenvalue weighted by Crippen LogP contribution is -2.57. The zero-order chi connectivity index (χ0) is 25.5. The van der Waals surface area contributed by atoms with Crippen molar-refractivity contribution in [3.8, 4) is 10.4 Å². The number of benzene rings is 1. The molecule has 0 aliphatic carbocycles. The Labute approximate surface area is 209 Å². The van der Waals surface area contributed by atoms with Gasteiger partial charge in [0.1, 0.15) is 6.04 Å². The summed E-state index contributed by atoms with van der Waals surface area (Å²) in [7, 11) is 0. The van der Waals surface area contributed by atoms with Crippen molar-refractivity contribution >= 4 is 29.0 Å². The molecule has 0 bridgehead atoms. The summed E-state index contributed by atoms with van der Waals surface area (Å²) in [5.74, 6) is -0.0503. The van der Waals surface area contributed by atoms with Crippen LogP contribution in [0.3, 0.4) is 0 Å². The molecule has 2 aromatic rings. The van der Waals surface area contributed by atoms with E-state index in [1.165, 1.54) is 6.92 Å². The monoisotopic (exact) mass is 499 g/mol. The minimum atomic E-state index is -0.917. The van der Waals surface area contributed by atoms with E-state index >= 15 is 0 Å². The Morgan fingerprint density at radius 2 is 2.00 bits per heavy atom. The third-order valence-corrected chi connectivity index (χ3v) is 7.45. The van der Waals surface area contributed by atoms with Crippen molar-refractivity contribution in [2.75, 3.05) is 6.54 Å². The van der Waals surface area contributed by atoms with Crippen molar-refractivity contribution in [2.45, 2.75) is 71.9 Å². The van der Waals surface area contributed by atoms with Crippen LogP contribution >= 0.6 is 11.3 Å². The minimum absolute atomic E-state index is 0.163. The van der Waals surface area contributed by atoms with Gasteiger partial charge >= 0.3 is 0 Å². The summed E-state index contributed by atoms with van der Waals surface area (Å²) in [6, 6.07) is 6.81. The summed E-state index contributed by atoms with van der Waals surface area (Å²) in [4.78, 5) is 38.2. The van der Waals surface area contributed by atoms with E-state index in [4.69, 9.17) is 4.84 Å². The number of likely N-dealkylation sites (tertiary alicyclic amines) is 1. The van der Waals surface area contributed by atoms with Gasteiger partial charge in [-0.05, 0) is 17.9 Å². The molecule has 10 heteroatoms. The molecule has 4 unspecified atom stereocenters. The first-order chi connectivity index (χ1) is 16.4. The largest absolute Gasteiger partial charge is 0.391 e. The molecule has 1 fully saturated rings. The van der Waals surface area contributed by atoms with Crippen molar-refractivity contribution in [2.24, 2.45) is 10.6 Å². The highest BCUT2D eigenvalue weighted by molar-refractivity contribution is 7.13. The van der Waals surface area contributed by atoms with Gasteiger partial charge in [0.15, 0.2) is 5.84 Å². The number of carbonyl (C=O) groups is 2. The number of amides is 2. The molecule has 4 atom stereocenters. The van der Waals surface area contributed by atoms with E-state index in [0.717, 1.165) is 21.7 Å². The number of aliphatic hydroxyl groups is 1. The molecule has 0 saturated carbocycles. The maximum Gasteiger partial charge on any atom is 0.246 e. The fourth-order valence-electron chi connectivity index (χ4n) is 4.55. The summed E-state index contributed by atoms with van der Waals surface area (Å²) in [5.41, 5.74) is 3.37. The van der Waals surface area contributed by atoms with Gasteiger partial charge in [0, 0.05) is 32.4 Å². The van der Waals surface area contributed by atoms with E-state index in [9.17, 15) is 14.7 Å². The second-order valence-corrected chi connectivity index (χ2v) is 11.3. The second kappa shape index (κ2) is 9.23. The lowest BCUT2D eigenvalue weighted by molar-refractivity contribution is -0.139. The molecule has 0 spiro atoms. The van der Waals surface area contributed by atoms with Gasteiger partial charge in [-0.15, -0.1) is 11.3 Å². The molecule has 2 aliphatic rings. The standard InChI is InChI=1S/C25H33N5O4S/c1-14-20(35-13-26-14)16-7-9-17(10-8-16)25(6)28-22(29-34-25)19-11-18(32)12-30(19)23(33)21(24(3,4)5)27-15(2)31/h7-10,13,18-19,21,32H,11-12H2,1-6H3,(H,27,31)(H,28,29). The molecule has 4 rings (SSSR count). The topological polar surface area (TPSA) is 116 Å². The number of aromatic nitrogens is 1. The number of nitrogens with zero attached hydrogens (tertiary/aromatic N) is 3. The Bertz CT molecular complexity index is 1140. The molecule has 2 amide bonds. The Balaban J connectivity index is 1.52. The Hall–Kier alpha value is -2.98. The van der Waals surface area contributed by atoms with Crippen LogP contribution in [0.4, 0.5) is 0 Å². The van der Waals surface area contributed by atoms with E-state index < -0.39 is 29.3 Å². The number of hydrogen-bond donors (Lipinski definition) is 3. The van der Waals surface area contributed by atoms with Crippen LogP contribution < -0.4 is 10.6 Å². The van der Waals surface area contributed by atoms with Gasteiger partial charge in [0.2, 0.25) is 17.5 Å². The summed E-state index contributed by atoms with van der Waals surface area (Å²) in [5, 5.41) is 20.8. The van der Waals surface area contributed by atoms with Crippen LogP contribution in [0.2, 0.25) is 0 Å². The number of rotatable bonds is 5. The highest BCUT2D eigenvalue weighted by Crippen LogP contribution is 2.34. The van der Waals surface area contributed by atoms with Crippen molar-refractivity contribution in [1.29, 1.82) is 0 Å². The number of nitrogens with one attached hydrogen (secondary N) is 2. The smallest absolute Gasteiger partial charge is 0.246 e. The molecular weight excluding hydrogens is 466 g/mol. The maximum absolute atomic E-state index is 13.5. The normalized spacial score (nSPS) is 25.0. The Kier molecular flexibility index (Phi) is 6.63. The summed E-state index contributed by atoms with van der Waals surface area (Å²) in [6.45, 7) is 11.1. The lowest BCUT2D eigenvalue weighted by atomic mass is 9.85. The molecular formula is C25H33N5O4S. The van der Waals surface area contributed by atoms with Crippen molar-refractivity contribution in [1.82, 2.24) is 20.5 Å². The number of β-amino-alcohol motifs (C(OH)–C–C–N with tert-alkyl or cyclic N) is 1. The molecule has 3 heterocycles. The third kappa shape index (κ3) is 5.04. The first-order valence-corrected chi connectivity index (χ1v) is 12.6. The van der Waals surface area contributed by atoms with Gasteiger partial charge < -0.3 is 25.5 Å². The molecule has 3 N–H and O–H groups in total. The molecule has 2 aliphatic heterocycles. The summed E-state index contributed by atoms with van der Waals surface area (Å²) >= 11 is 1.60. The van der Waals surface area contributed by atoms with E-state index in [2.05, 4.69) is 20.8 Å². The number of aryl methyl sites for hydroxylation is 1. The highest BCUT2D eigenvalue weighted by Gasteiger charge is 2.47. The first-order valence-electron chi connectivity index (χ1n) is 11.7. The van der Waals surface area contributed by atoms with Crippen LogP contribution in [0, 0.1) is 12.3 Å². The van der Waals surface area contributed by atoms with E-state index in [-0.39, 0.29) is 18.4 Å². The molecule has 1 aromatic heterocycles. The van der Waals surface area contributed by atoms with Gasteiger partial charge in [0.05, 0.1) is 28.2 Å². The van der Waals surface area contributed by atoms with Crippen molar-refractivity contribution < 1.29 is 19.5 Å². The third-order valence-electron chi connectivity index (χ3n) is 6.47. The van der Waals surface area contributed by atoms with Crippen LogP contribution in [-0.2, 0) is 20.2 Å². The zero-order valence-electron chi connectivity index (χ0n) is 21.0. The van der Waals surface area contributed by atoms with Crippen molar-refractivity contribution in [3.05, 3.63) is 41.0 Å². The average molecular weight is 500 g/mol. The maximum atomic E-state index is 13.5. The van der Waals surface area contributed by atoms with Crippen molar-refractivity contribution in [3.63, 3.8) is 0 Å². The van der Waals surface area contributed by atoms with E-state index in [1.807, 2.05) is 64.4 Å². The Morgan fingerprint density at radius 1 is 1.31 bits per heavy atom. The van der Waals surface area contributed by atoms with E-state index in [1.54, 1.807) is 16.2 Å². The fourth-order valence-corrected chi connectivity index (χ4v) is 5.36. The van der Waals surface area contributed by atoms with Gasteiger partial charge in [-0.3, -0.25) is 9.59 Å². The summed E-state index contributed by atoms with van der Waals surface area (Å²) in [6.07, 6.45) is -0.363. The van der Waals surface area contributed by atoms with Crippen LogP contribution in [0.1, 0.15) is 52.3 Å². The molecule has 0 radical (unpaired) electrons. The van der Waals surface area contributed by atoms with Crippen LogP contribution in [-0.4, -0.2) is 57.4 Å². The predicted octanol–water partition coefficient (Wildman–Crippen LogP) is 2.74.